The van der Waals surface area contributed by atoms with Crippen molar-refractivity contribution in [2.24, 2.45) is 0 Å². The van der Waals surface area contributed by atoms with Crippen LogP contribution >= 0.6 is 0 Å². The second-order valence-electron chi connectivity index (χ2n) is 3.32. The van der Waals surface area contributed by atoms with E-state index in [1.54, 1.807) is 20.8 Å². The van der Waals surface area contributed by atoms with Crippen molar-refractivity contribution in [1.29, 1.82) is 0 Å². The highest BCUT2D eigenvalue weighted by Gasteiger charge is 2.17. The van der Waals surface area contributed by atoms with E-state index in [1.807, 2.05) is 0 Å². The number of esters is 1. The predicted molar refractivity (Wildman–Crippen MR) is 42.1 cm³/mol. The van der Waals surface area contributed by atoms with Gasteiger partial charge in [-0.1, -0.05) is 0 Å². The van der Waals surface area contributed by atoms with Gasteiger partial charge in [0.2, 0.25) is 0 Å². The molecule has 0 unspecified atom stereocenters. The quantitative estimate of drug-likeness (QED) is 0.618. The summed E-state index contributed by atoms with van der Waals surface area (Å²) in [4.78, 5) is 11.2. The molecule has 0 fully saturated rings. The van der Waals surface area contributed by atoms with Crippen LogP contribution in [0.3, 0.4) is 0 Å². The first-order valence-electron chi connectivity index (χ1n) is 4.49. The Morgan fingerprint density at radius 1 is 1.73 bits per heavy atom. The molecule has 0 heterocycles. The Morgan fingerprint density at radius 3 is 2.45 bits per heavy atom. The number of aliphatic hydroxyl groups is 1. The van der Waals surface area contributed by atoms with E-state index in [0.29, 0.717) is 0 Å². The zero-order valence-electron chi connectivity index (χ0n) is 9.34. The monoisotopic (exact) mass is 162 g/mol. The maximum atomic E-state index is 11.2. The number of carbonyl (C=O) groups is 1. The van der Waals surface area contributed by atoms with Crippen LogP contribution in [-0.4, -0.2) is 22.8 Å². The molecule has 0 saturated carbocycles. The summed E-state index contributed by atoms with van der Waals surface area (Å²) in [5.74, 6) is -1.03. The van der Waals surface area contributed by atoms with Crippen LogP contribution in [0.15, 0.2) is 0 Å². The van der Waals surface area contributed by atoms with Crippen LogP contribution in [-0.2, 0) is 9.53 Å². The van der Waals surface area contributed by atoms with Gasteiger partial charge in [-0.25, -0.2) is 0 Å². The number of rotatable bonds is 2. The molecule has 1 N–H and O–H groups in total. The molecule has 1 atom stereocenters. The average Bonchev–Trinajstić information content (AvgIpc) is 1.82. The van der Waals surface area contributed by atoms with E-state index >= 15 is 0 Å². The lowest BCUT2D eigenvalue weighted by Crippen LogP contribution is -2.25. The first-order valence-corrected chi connectivity index (χ1v) is 3.49. The van der Waals surface area contributed by atoms with Gasteiger partial charge in [0, 0.05) is 2.74 Å². The molecular formula is C8H16O3. The van der Waals surface area contributed by atoms with Gasteiger partial charge in [0.25, 0.3) is 0 Å². The molecule has 0 aromatic heterocycles. The van der Waals surface area contributed by atoms with Crippen molar-refractivity contribution in [3.05, 3.63) is 0 Å². The molecule has 0 saturated heterocycles. The number of ether oxygens (including phenoxy) is 1. The smallest absolute Gasteiger partial charge is 0.308 e. The van der Waals surface area contributed by atoms with Crippen molar-refractivity contribution in [1.82, 2.24) is 0 Å². The first kappa shape index (κ1) is 7.10. The number of carbonyl (C=O) groups excluding carboxylic acids is 1. The van der Waals surface area contributed by atoms with Crippen molar-refractivity contribution >= 4 is 5.97 Å². The molecule has 0 aliphatic carbocycles. The highest BCUT2D eigenvalue weighted by molar-refractivity contribution is 5.70. The molecule has 3 nitrogen and oxygen atoms in total. The summed E-state index contributed by atoms with van der Waals surface area (Å²) >= 11 is 0. The van der Waals surface area contributed by atoms with Gasteiger partial charge in [0.15, 0.2) is 0 Å². The zero-order chi connectivity index (χ0) is 10.9. The van der Waals surface area contributed by atoms with Crippen molar-refractivity contribution in [3.8, 4) is 0 Å². The lowest BCUT2D eigenvalue weighted by Gasteiger charge is -2.19. The Morgan fingerprint density at radius 2 is 2.18 bits per heavy atom. The molecule has 0 aromatic rings. The molecule has 0 rings (SSSR count). The third kappa shape index (κ3) is 7.33. The van der Waals surface area contributed by atoms with E-state index in [1.165, 1.54) is 6.92 Å². The summed E-state index contributed by atoms with van der Waals surface area (Å²) in [6.45, 7) is 6.14. The van der Waals surface area contributed by atoms with Crippen molar-refractivity contribution in [2.75, 3.05) is 0 Å². The van der Waals surface area contributed by atoms with Crippen LogP contribution in [0.1, 0.15) is 36.8 Å². The largest absolute Gasteiger partial charge is 0.460 e. The summed E-state index contributed by atoms with van der Waals surface area (Å²) < 4.78 is 19.2. The molecule has 0 aliphatic heterocycles. The number of aliphatic hydroxyl groups excluding tert-OH is 1. The van der Waals surface area contributed by atoms with E-state index in [-0.39, 0.29) is 0 Å². The van der Waals surface area contributed by atoms with E-state index in [4.69, 9.17) is 12.6 Å². The molecule has 0 aliphatic rings. The van der Waals surface area contributed by atoms with Crippen LogP contribution in [0.2, 0.25) is 0 Å². The third-order valence-electron chi connectivity index (χ3n) is 0.726. The summed E-state index contributed by atoms with van der Waals surface area (Å²) in [5.41, 5.74) is -0.737. The van der Waals surface area contributed by atoms with Gasteiger partial charge in [0.1, 0.15) is 5.60 Å². The number of hydrogen-bond acceptors (Lipinski definition) is 3. The van der Waals surface area contributed by atoms with E-state index < -0.39 is 24.0 Å². The molecular weight excluding hydrogens is 144 g/mol. The van der Waals surface area contributed by atoms with Crippen LogP contribution in [0.25, 0.3) is 0 Å². The fourth-order valence-electron chi connectivity index (χ4n) is 0.478. The van der Waals surface area contributed by atoms with Crippen LogP contribution < -0.4 is 0 Å². The maximum absolute atomic E-state index is 11.2. The minimum absolute atomic E-state index is 0.737. The molecule has 0 bridgehead atoms. The summed E-state index contributed by atoms with van der Waals surface area (Å²) in [6, 6.07) is 0. The highest BCUT2D eigenvalue weighted by atomic mass is 16.6. The molecule has 66 valence electrons. The lowest BCUT2D eigenvalue weighted by molar-refractivity contribution is -0.156. The summed E-state index contributed by atoms with van der Waals surface area (Å²) in [5, 5.41) is 8.97. The zero-order valence-corrected chi connectivity index (χ0v) is 7.34. The minimum atomic E-state index is -2.34. The Kier molecular flexibility index (Phi) is 2.40. The van der Waals surface area contributed by atoms with Crippen LogP contribution in [0.5, 0.6) is 0 Å². The second kappa shape index (κ2) is 3.72. The van der Waals surface area contributed by atoms with Gasteiger partial charge in [-0.05, 0) is 27.7 Å². The fraction of sp³-hybridized carbons (Fsp3) is 0.875. The van der Waals surface area contributed by atoms with Gasteiger partial charge < -0.3 is 9.84 Å². The molecule has 0 radical (unpaired) electrons. The average molecular weight is 162 g/mol. The number of hydrogen-bond donors (Lipinski definition) is 1. The predicted octanol–water partition coefficient (Wildman–Crippen LogP) is 1.10. The summed E-state index contributed by atoms with van der Waals surface area (Å²) in [6.07, 6.45) is -3.71. The molecule has 3 heteroatoms. The van der Waals surface area contributed by atoms with Crippen molar-refractivity contribution < 1.29 is 17.4 Å². The van der Waals surface area contributed by atoms with Crippen LogP contribution in [0, 0.1) is 0 Å². The fourth-order valence-corrected chi connectivity index (χ4v) is 0.478. The van der Waals surface area contributed by atoms with Gasteiger partial charge in [0.05, 0.1) is 12.5 Å². The topological polar surface area (TPSA) is 46.5 Å². The van der Waals surface area contributed by atoms with Gasteiger partial charge in [-0.2, -0.15) is 0 Å². The maximum Gasteiger partial charge on any atom is 0.308 e. The van der Waals surface area contributed by atoms with Gasteiger partial charge in [-0.15, -0.1) is 0 Å². The van der Waals surface area contributed by atoms with Crippen molar-refractivity contribution in [2.45, 2.75) is 45.8 Å². The standard InChI is InChI=1S/C8H16O3/c1-6(9)5-7(10)11-8(2,3)4/h6,9H,5H2,1-4H3/t6-/m1/s1/i5D2. The highest BCUT2D eigenvalue weighted by Crippen LogP contribution is 2.08. The summed E-state index contributed by atoms with van der Waals surface area (Å²) in [7, 11) is 0. The molecule has 0 spiro atoms. The van der Waals surface area contributed by atoms with Crippen LogP contribution in [0.4, 0.5) is 0 Å². The normalized spacial score (nSPS) is 18.3. The second-order valence-corrected chi connectivity index (χ2v) is 3.32. The molecule has 11 heavy (non-hydrogen) atoms. The van der Waals surface area contributed by atoms with Gasteiger partial charge in [-0.3, -0.25) is 4.79 Å². The first-order chi connectivity index (χ1) is 5.57. The Hall–Kier alpha value is -0.570. The SMILES string of the molecule is [2H]C([2H])(C(=O)OC(C)(C)C)[C@@H](C)O. The molecule has 0 amide bonds. The van der Waals surface area contributed by atoms with Gasteiger partial charge >= 0.3 is 5.97 Å². The Balaban J connectivity index is 4.44. The Labute approximate surface area is 70.2 Å². The van der Waals surface area contributed by atoms with E-state index in [0.717, 1.165) is 0 Å². The lowest BCUT2D eigenvalue weighted by atomic mass is 10.2. The minimum Gasteiger partial charge on any atom is -0.460 e. The Bertz CT molecular complexity index is 194. The molecule has 0 aromatic carbocycles. The van der Waals surface area contributed by atoms with E-state index in [9.17, 15) is 4.79 Å². The third-order valence-corrected chi connectivity index (χ3v) is 0.726. The van der Waals surface area contributed by atoms with Crippen molar-refractivity contribution in [3.63, 3.8) is 0 Å². The van der Waals surface area contributed by atoms with E-state index in [2.05, 4.69) is 0 Å².